The van der Waals surface area contributed by atoms with Gasteiger partial charge >= 0.3 is 0 Å². The molecule has 0 saturated heterocycles. The summed E-state index contributed by atoms with van der Waals surface area (Å²) in [7, 11) is 1.51. The molecule has 2 unspecified atom stereocenters. The second kappa shape index (κ2) is 7.26. The van der Waals surface area contributed by atoms with Gasteiger partial charge in [0.15, 0.2) is 0 Å². The van der Waals surface area contributed by atoms with Crippen LogP contribution in [0, 0.1) is 5.82 Å². The van der Waals surface area contributed by atoms with Gasteiger partial charge in [-0.05, 0) is 19.1 Å². The summed E-state index contributed by atoms with van der Waals surface area (Å²) in [5.41, 5.74) is 0.489. The zero-order chi connectivity index (χ0) is 13.7. The van der Waals surface area contributed by atoms with E-state index in [1.54, 1.807) is 6.92 Å². The number of nitrogens with one attached hydrogen (secondary N) is 1. The van der Waals surface area contributed by atoms with Crippen LogP contribution in [0.5, 0.6) is 0 Å². The predicted octanol–water partition coefficient (Wildman–Crippen LogP) is 2.79. The maximum atomic E-state index is 13.4. The van der Waals surface area contributed by atoms with E-state index in [0.717, 1.165) is 0 Å². The minimum absolute atomic E-state index is 0.00345. The SMILES string of the molecule is COCC(O)CNC(C)c1c(Cl)ccc(F)c1Cl. The van der Waals surface area contributed by atoms with Crippen molar-refractivity contribution in [3.63, 3.8) is 0 Å². The highest BCUT2D eigenvalue weighted by Crippen LogP contribution is 2.32. The highest BCUT2D eigenvalue weighted by atomic mass is 35.5. The number of hydrogen-bond donors (Lipinski definition) is 2. The number of benzene rings is 1. The van der Waals surface area contributed by atoms with E-state index >= 15 is 0 Å². The Morgan fingerprint density at radius 1 is 1.44 bits per heavy atom. The second-order valence-corrected chi connectivity index (χ2v) is 4.78. The van der Waals surface area contributed by atoms with Crippen molar-refractivity contribution in [2.75, 3.05) is 20.3 Å². The number of ether oxygens (including phenoxy) is 1. The molecule has 1 aromatic carbocycles. The highest BCUT2D eigenvalue weighted by molar-refractivity contribution is 6.36. The van der Waals surface area contributed by atoms with Crippen LogP contribution in [0.3, 0.4) is 0 Å². The van der Waals surface area contributed by atoms with Crippen molar-refractivity contribution < 1.29 is 14.2 Å². The smallest absolute Gasteiger partial charge is 0.142 e. The molecule has 0 aliphatic rings. The third-order valence-electron chi connectivity index (χ3n) is 2.53. The summed E-state index contributed by atoms with van der Waals surface area (Å²) >= 11 is 11.9. The van der Waals surface area contributed by atoms with E-state index in [9.17, 15) is 9.50 Å². The van der Waals surface area contributed by atoms with E-state index in [4.69, 9.17) is 27.9 Å². The molecule has 0 aliphatic heterocycles. The van der Waals surface area contributed by atoms with Crippen LogP contribution >= 0.6 is 23.2 Å². The molecule has 0 heterocycles. The zero-order valence-electron chi connectivity index (χ0n) is 10.2. The van der Waals surface area contributed by atoms with E-state index in [-0.39, 0.29) is 17.7 Å². The van der Waals surface area contributed by atoms with Gasteiger partial charge in [-0.2, -0.15) is 0 Å². The van der Waals surface area contributed by atoms with Crippen molar-refractivity contribution in [1.82, 2.24) is 5.32 Å². The number of halogens is 3. The molecule has 0 radical (unpaired) electrons. The topological polar surface area (TPSA) is 41.5 Å². The fourth-order valence-corrected chi connectivity index (χ4v) is 2.30. The van der Waals surface area contributed by atoms with E-state index < -0.39 is 11.9 Å². The number of aliphatic hydroxyl groups is 1. The van der Waals surface area contributed by atoms with Crippen LogP contribution in [0.2, 0.25) is 10.0 Å². The summed E-state index contributed by atoms with van der Waals surface area (Å²) in [4.78, 5) is 0. The molecule has 0 amide bonds. The summed E-state index contributed by atoms with van der Waals surface area (Å²) in [5, 5.41) is 12.9. The van der Waals surface area contributed by atoms with Gasteiger partial charge in [0.2, 0.25) is 0 Å². The Hall–Kier alpha value is -0.390. The quantitative estimate of drug-likeness (QED) is 0.793. The third kappa shape index (κ3) is 4.07. The van der Waals surface area contributed by atoms with Gasteiger partial charge in [-0.15, -0.1) is 0 Å². The summed E-state index contributed by atoms with van der Waals surface area (Å²) in [6.07, 6.45) is -0.636. The lowest BCUT2D eigenvalue weighted by atomic mass is 10.1. The molecule has 18 heavy (non-hydrogen) atoms. The lowest BCUT2D eigenvalue weighted by molar-refractivity contribution is 0.0630. The van der Waals surface area contributed by atoms with Crippen molar-refractivity contribution in [3.05, 3.63) is 33.6 Å². The Morgan fingerprint density at radius 2 is 2.11 bits per heavy atom. The van der Waals surface area contributed by atoms with Crippen LogP contribution in [0.25, 0.3) is 0 Å². The fraction of sp³-hybridized carbons (Fsp3) is 0.500. The molecule has 6 heteroatoms. The average molecular weight is 296 g/mol. The molecule has 0 aliphatic carbocycles. The second-order valence-electron chi connectivity index (χ2n) is 4.00. The van der Waals surface area contributed by atoms with Crippen LogP contribution in [0.4, 0.5) is 4.39 Å². The van der Waals surface area contributed by atoms with Crippen LogP contribution in [-0.2, 0) is 4.74 Å². The standard InChI is InChI=1S/C12H16Cl2FNO2/c1-7(16-5-8(17)6-18-2)11-9(13)3-4-10(15)12(11)14/h3-4,7-8,16-17H,5-6H2,1-2H3. The van der Waals surface area contributed by atoms with E-state index in [1.165, 1.54) is 19.2 Å². The van der Waals surface area contributed by atoms with Gasteiger partial charge in [0.1, 0.15) is 5.82 Å². The first kappa shape index (κ1) is 15.7. The minimum atomic E-state index is -0.636. The molecule has 0 aromatic heterocycles. The van der Waals surface area contributed by atoms with Gasteiger partial charge in [0.25, 0.3) is 0 Å². The number of aliphatic hydroxyl groups excluding tert-OH is 1. The first-order chi connectivity index (χ1) is 8.47. The summed E-state index contributed by atoms with van der Waals surface area (Å²) in [6.45, 7) is 2.33. The van der Waals surface area contributed by atoms with Crippen molar-refractivity contribution >= 4 is 23.2 Å². The van der Waals surface area contributed by atoms with Crippen LogP contribution < -0.4 is 5.32 Å². The molecule has 1 aromatic rings. The Labute approximate surface area is 116 Å². The summed E-state index contributed by atoms with van der Waals surface area (Å²) in [5.74, 6) is -0.512. The molecular formula is C12H16Cl2FNO2. The van der Waals surface area contributed by atoms with Gasteiger partial charge in [-0.1, -0.05) is 23.2 Å². The molecule has 102 valence electrons. The van der Waals surface area contributed by atoms with Gasteiger partial charge in [-0.25, -0.2) is 4.39 Å². The van der Waals surface area contributed by atoms with Gasteiger partial charge in [-0.3, -0.25) is 0 Å². The first-order valence-electron chi connectivity index (χ1n) is 5.51. The Morgan fingerprint density at radius 3 is 2.72 bits per heavy atom. The van der Waals surface area contributed by atoms with E-state index in [1.807, 2.05) is 0 Å². The van der Waals surface area contributed by atoms with E-state index in [2.05, 4.69) is 5.32 Å². The average Bonchev–Trinajstić information content (AvgIpc) is 2.32. The Kier molecular flexibility index (Phi) is 6.32. The minimum Gasteiger partial charge on any atom is -0.389 e. The van der Waals surface area contributed by atoms with E-state index in [0.29, 0.717) is 17.1 Å². The number of hydrogen-bond acceptors (Lipinski definition) is 3. The molecule has 3 nitrogen and oxygen atoms in total. The van der Waals surface area contributed by atoms with Crippen molar-refractivity contribution in [1.29, 1.82) is 0 Å². The van der Waals surface area contributed by atoms with Crippen LogP contribution in [0.15, 0.2) is 12.1 Å². The maximum absolute atomic E-state index is 13.4. The van der Waals surface area contributed by atoms with Gasteiger partial charge < -0.3 is 15.2 Å². The molecule has 1 rings (SSSR count). The largest absolute Gasteiger partial charge is 0.389 e. The first-order valence-corrected chi connectivity index (χ1v) is 6.26. The molecule has 0 fully saturated rings. The third-order valence-corrected chi connectivity index (χ3v) is 3.24. The lowest BCUT2D eigenvalue weighted by Crippen LogP contribution is -2.32. The summed E-state index contributed by atoms with van der Waals surface area (Å²) < 4.78 is 18.2. The Bertz CT molecular complexity index is 404. The number of methoxy groups -OCH3 is 1. The van der Waals surface area contributed by atoms with Gasteiger partial charge in [0, 0.05) is 30.3 Å². The van der Waals surface area contributed by atoms with Crippen molar-refractivity contribution in [3.8, 4) is 0 Å². The summed E-state index contributed by atoms with van der Waals surface area (Å²) in [6, 6.07) is 2.41. The van der Waals surface area contributed by atoms with Crippen LogP contribution in [0.1, 0.15) is 18.5 Å². The predicted molar refractivity (Wildman–Crippen MR) is 70.7 cm³/mol. The molecule has 0 bridgehead atoms. The molecule has 2 atom stereocenters. The lowest BCUT2D eigenvalue weighted by Gasteiger charge is -2.19. The van der Waals surface area contributed by atoms with Crippen molar-refractivity contribution in [2.45, 2.75) is 19.1 Å². The van der Waals surface area contributed by atoms with Crippen molar-refractivity contribution in [2.24, 2.45) is 0 Å². The molecule has 2 N–H and O–H groups in total. The maximum Gasteiger partial charge on any atom is 0.142 e. The molecular weight excluding hydrogens is 280 g/mol. The monoisotopic (exact) mass is 295 g/mol. The highest BCUT2D eigenvalue weighted by Gasteiger charge is 2.17. The molecule has 0 saturated carbocycles. The zero-order valence-corrected chi connectivity index (χ0v) is 11.7. The van der Waals surface area contributed by atoms with Crippen LogP contribution in [-0.4, -0.2) is 31.5 Å². The number of rotatable bonds is 6. The van der Waals surface area contributed by atoms with Gasteiger partial charge in [0.05, 0.1) is 17.7 Å². The molecule has 0 spiro atoms. The fourth-order valence-electron chi connectivity index (χ4n) is 1.61. The normalized spacial score (nSPS) is 14.6. The Balaban J connectivity index is 2.72.